The van der Waals surface area contributed by atoms with E-state index in [2.05, 4.69) is 0 Å². The third-order valence-corrected chi connectivity index (χ3v) is 3.80. The van der Waals surface area contributed by atoms with Crippen LogP contribution >= 0.6 is 0 Å². The molecule has 2 aromatic carbocycles. The summed E-state index contributed by atoms with van der Waals surface area (Å²) in [7, 11) is 1.41. The van der Waals surface area contributed by atoms with Gasteiger partial charge in [0, 0.05) is 5.56 Å². The van der Waals surface area contributed by atoms with Crippen LogP contribution in [0.3, 0.4) is 0 Å². The van der Waals surface area contributed by atoms with Crippen molar-refractivity contribution in [2.75, 3.05) is 13.7 Å². The van der Waals surface area contributed by atoms with E-state index in [0.717, 1.165) is 4.90 Å². The van der Waals surface area contributed by atoms with Gasteiger partial charge in [-0.15, -0.1) is 0 Å². The molecule has 1 aliphatic heterocycles. The van der Waals surface area contributed by atoms with E-state index in [9.17, 15) is 18.8 Å². The molecular formula is C18H14FNO5. The molecule has 6 nitrogen and oxygen atoms in total. The molecule has 128 valence electrons. The second-order valence-corrected chi connectivity index (χ2v) is 5.36. The van der Waals surface area contributed by atoms with Crippen molar-refractivity contribution >= 4 is 17.8 Å². The average Bonchev–Trinajstić information content (AvgIpc) is 2.85. The Morgan fingerprint density at radius 2 is 1.72 bits per heavy atom. The number of methoxy groups -OCH3 is 1. The number of carbonyl (C=O) groups excluding carboxylic acids is 3. The predicted octanol–water partition coefficient (Wildman–Crippen LogP) is 2.17. The molecule has 0 saturated carbocycles. The fraction of sp³-hybridized carbons (Fsp3) is 0.167. The minimum Gasteiger partial charge on any atom is -0.496 e. The van der Waals surface area contributed by atoms with E-state index in [4.69, 9.17) is 9.47 Å². The van der Waals surface area contributed by atoms with Crippen LogP contribution in [0.4, 0.5) is 4.39 Å². The number of fused-ring (bicyclic) bond motifs is 1. The topological polar surface area (TPSA) is 72.9 Å². The fourth-order valence-electron chi connectivity index (χ4n) is 2.58. The SMILES string of the molecule is COc1ccc(F)cc1COC(=O)CN1C(=O)c2ccccc2C1=O. The molecule has 25 heavy (non-hydrogen) atoms. The highest BCUT2D eigenvalue weighted by Crippen LogP contribution is 2.23. The maximum absolute atomic E-state index is 13.3. The first-order valence-electron chi connectivity index (χ1n) is 7.44. The van der Waals surface area contributed by atoms with Gasteiger partial charge in [-0.3, -0.25) is 19.3 Å². The maximum Gasteiger partial charge on any atom is 0.326 e. The lowest BCUT2D eigenvalue weighted by atomic mass is 10.1. The van der Waals surface area contributed by atoms with Crippen molar-refractivity contribution in [3.8, 4) is 5.75 Å². The normalized spacial score (nSPS) is 13.0. The quantitative estimate of drug-likeness (QED) is 0.614. The molecule has 0 saturated heterocycles. The smallest absolute Gasteiger partial charge is 0.326 e. The predicted molar refractivity (Wildman–Crippen MR) is 84.6 cm³/mol. The largest absolute Gasteiger partial charge is 0.496 e. The molecule has 0 spiro atoms. The van der Waals surface area contributed by atoms with Gasteiger partial charge in [0.15, 0.2) is 0 Å². The van der Waals surface area contributed by atoms with Crippen molar-refractivity contribution in [2.24, 2.45) is 0 Å². The van der Waals surface area contributed by atoms with E-state index in [0.29, 0.717) is 11.3 Å². The van der Waals surface area contributed by atoms with Crippen LogP contribution in [0.25, 0.3) is 0 Å². The number of hydrogen-bond donors (Lipinski definition) is 0. The zero-order valence-electron chi connectivity index (χ0n) is 13.3. The van der Waals surface area contributed by atoms with Gasteiger partial charge in [0.25, 0.3) is 11.8 Å². The molecule has 0 unspecified atom stereocenters. The lowest BCUT2D eigenvalue weighted by Gasteiger charge is -2.14. The molecule has 0 radical (unpaired) electrons. The molecule has 0 N–H and O–H groups in total. The number of carbonyl (C=O) groups is 3. The summed E-state index contributed by atoms with van der Waals surface area (Å²) in [6, 6.07) is 10.2. The molecule has 2 aromatic rings. The molecule has 2 amide bonds. The Bertz CT molecular complexity index is 829. The number of rotatable bonds is 5. The number of esters is 1. The number of benzene rings is 2. The van der Waals surface area contributed by atoms with Crippen molar-refractivity contribution in [1.29, 1.82) is 0 Å². The Balaban J connectivity index is 1.65. The summed E-state index contributed by atoms with van der Waals surface area (Å²) < 4.78 is 23.4. The van der Waals surface area contributed by atoms with Crippen LogP contribution in [0.5, 0.6) is 5.75 Å². The van der Waals surface area contributed by atoms with Crippen molar-refractivity contribution < 1.29 is 28.2 Å². The molecule has 7 heteroatoms. The molecular weight excluding hydrogens is 329 g/mol. The summed E-state index contributed by atoms with van der Waals surface area (Å²) in [5.74, 6) is -1.98. The average molecular weight is 343 g/mol. The van der Waals surface area contributed by atoms with Crippen LogP contribution in [-0.4, -0.2) is 36.3 Å². The Labute approximate surface area is 142 Å². The number of imide groups is 1. The Morgan fingerprint density at radius 3 is 2.32 bits per heavy atom. The van der Waals surface area contributed by atoms with E-state index in [1.54, 1.807) is 12.1 Å². The standard InChI is InChI=1S/C18H14FNO5/c1-24-15-7-6-12(19)8-11(15)10-25-16(21)9-20-17(22)13-4-2-3-5-14(13)18(20)23/h2-8H,9-10H2,1H3. The Morgan fingerprint density at radius 1 is 1.08 bits per heavy atom. The molecule has 0 aromatic heterocycles. The van der Waals surface area contributed by atoms with Crippen molar-refractivity contribution in [2.45, 2.75) is 6.61 Å². The van der Waals surface area contributed by atoms with Crippen LogP contribution < -0.4 is 4.74 Å². The van der Waals surface area contributed by atoms with Crippen molar-refractivity contribution in [3.05, 3.63) is 65.0 Å². The molecule has 1 heterocycles. The van der Waals surface area contributed by atoms with Gasteiger partial charge in [0.05, 0.1) is 18.2 Å². The van der Waals surface area contributed by atoms with Gasteiger partial charge in [-0.25, -0.2) is 4.39 Å². The second kappa shape index (κ2) is 6.72. The van der Waals surface area contributed by atoms with Crippen molar-refractivity contribution in [1.82, 2.24) is 4.90 Å². The lowest BCUT2D eigenvalue weighted by Crippen LogP contribution is -2.35. The fourth-order valence-corrected chi connectivity index (χ4v) is 2.58. The second-order valence-electron chi connectivity index (χ2n) is 5.36. The Kier molecular flexibility index (Phi) is 4.47. The lowest BCUT2D eigenvalue weighted by molar-refractivity contribution is -0.145. The molecule has 0 bridgehead atoms. The van der Waals surface area contributed by atoms with Gasteiger partial charge < -0.3 is 9.47 Å². The highest BCUT2D eigenvalue weighted by atomic mass is 19.1. The van der Waals surface area contributed by atoms with Gasteiger partial charge in [-0.05, 0) is 30.3 Å². The molecule has 1 aliphatic rings. The Hall–Kier alpha value is -3.22. The first kappa shape index (κ1) is 16.6. The molecule has 0 atom stereocenters. The zero-order valence-corrected chi connectivity index (χ0v) is 13.3. The number of amides is 2. The van der Waals surface area contributed by atoms with E-state index in [-0.39, 0.29) is 17.7 Å². The third kappa shape index (κ3) is 3.21. The van der Waals surface area contributed by atoms with Gasteiger partial charge >= 0.3 is 5.97 Å². The van der Waals surface area contributed by atoms with Crippen LogP contribution in [0.15, 0.2) is 42.5 Å². The maximum atomic E-state index is 13.3. The van der Waals surface area contributed by atoms with E-state index in [1.807, 2.05) is 0 Å². The minimum absolute atomic E-state index is 0.233. The van der Waals surface area contributed by atoms with E-state index >= 15 is 0 Å². The highest BCUT2D eigenvalue weighted by molar-refractivity contribution is 6.22. The first-order valence-corrected chi connectivity index (χ1v) is 7.44. The van der Waals surface area contributed by atoms with Crippen LogP contribution in [0, 0.1) is 5.82 Å². The van der Waals surface area contributed by atoms with E-state index < -0.39 is 30.1 Å². The van der Waals surface area contributed by atoms with Gasteiger partial charge in [-0.1, -0.05) is 12.1 Å². The third-order valence-electron chi connectivity index (χ3n) is 3.80. The summed E-state index contributed by atoms with van der Waals surface area (Å²) in [6.45, 7) is -0.743. The summed E-state index contributed by atoms with van der Waals surface area (Å²) in [5.41, 5.74) is 0.859. The number of ether oxygens (including phenoxy) is 2. The molecule has 0 fully saturated rings. The van der Waals surface area contributed by atoms with Crippen LogP contribution in [-0.2, 0) is 16.1 Å². The number of hydrogen-bond acceptors (Lipinski definition) is 5. The van der Waals surface area contributed by atoms with Gasteiger partial charge in [0.2, 0.25) is 0 Å². The zero-order chi connectivity index (χ0) is 18.0. The molecule has 0 aliphatic carbocycles. The molecule has 3 rings (SSSR count). The minimum atomic E-state index is -0.777. The van der Waals surface area contributed by atoms with Gasteiger partial charge in [0.1, 0.15) is 24.7 Å². The summed E-state index contributed by atoms with van der Waals surface area (Å²) in [6.07, 6.45) is 0. The monoisotopic (exact) mass is 343 g/mol. The number of halogens is 1. The van der Waals surface area contributed by atoms with Crippen molar-refractivity contribution in [3.63, 3.8) is 0 Å². The summed E-state index contributed by atoms with van der Waals surface area (Å²) in [4.78, 5) is 37.2. The summed E-state index contributed by atoms with van der Waals surface area (Å²) >= 11 is 0. The highest BCUT2D eigenvalue weighted by Gasteiger charge is 2.36. The van der Waals surface area contributed by atoms with Crippen LogP contribution in [0.2, 0.25) is 0 Å². The van der Waals surface area contributed by atoms with E-state index in [1.165, 1.54) is 37.4 Å². The first-order chi connectivity index (χ1) is 12.0. The van der Waals surface area contributed by atoms with Gasteiger partial charge in [-0.2, -0.15) is 0 Å². The summed E-state index contributed by atoms with van der Waals surface area (Å²) in [5, 5.41) is 0. The van der Waals surface area contributed by atoms with Crippen LogP contribution in [0.1, 0.15) is 26.3 Å². The number of nitrogens with zero attached hydrogens (tertiary/aromatic N) is 1.